The summed E-state index contributed by atoms with van der Waals surface area (Å²) in [6.07, 6.45) is 0. The molecule has 0 unspecified atom stereocenters. The van der Waals surface area contributed by atoms with Crippen molar-refractivity contribution in [1.82, 2.24) is 0 Å². The molecule has 3 nitrogen and oxygen atoms in total. The first kappa shape index (κ1) is 15.7. The van der Waals surface area contributed by atoms with Gasteiger partial charge in [-0.15, -0.1) is 0 Å². The van der Waals surface area contributed by atoms with Gasteiger partial charge in [0.25, 0.3) is 5.91 Å². The minimum absolute atomic E-state index is 0.138. The molecule has 3 rings (SSSR count). The zero-order valence-electron chi connectivity index (χ0n) is 12.9. The molecule has 3 aromatic carbocycles. The Hall–Kier alpha value is -3.14. The third kappa shape index (κ3) is 4.20. The van der Waals surface area contributed by atoms with E-state index in [-0.39, 0.29) is 12.5 Å². The molecular weight excluding hydrogens is 305 g/mol. The quantitative estimate of drug-likeness (QED) is 0.751. The monoisotopic (exact) mass is 321 g/mol. The Morgan fingerprint density at radius 3 is 2.29 bits per heavy atom. The number of amides is 1. The number of halogens is 1. The van der Waals surface area contributed by atoms with Crippen molar-refractivity contribution in [3.8, 4) is 16.9 Å². The number of nitrogens with one attached hydrogen (secondary N) is 1. The van der Waals surface area contributed by atoms with Crippen LogP contribution in [0.1, 0.15) is 0 Å². The van der Waals surface area contributed by atoms with Gasteiger partial charge in [-0.05, 0) is 41.5 Å². The van der Waals surface area contributed by atoms with Crippen molar-refractivity contribution in [3.05, 3.63) is 84.7 Å². The second kappa shape index (κ2) is 7.42. The lowest BCUT2D eigenvalue weighted by Crippen LogP contribution is -2.20. The lowest BCUT2D eigenvalue weighted by atomic mass is 10.1. The van der Waals surface area contributed by atoms with E-state index in [1.54, 1.807) is 6.07 Å². The first-order valence-electron chi connectivity index (χ1n) is 7.54. The second-order valence-corrected chi connectivity index (χ2v) is 5.24. The highest BCUT2D eigenvalue weighted by molar-refractivity contribution is 5.91. The summed E-state index contributed by atoms with van der Waals surface area (Å²) in [4.78, 5) is 11.8. The van der Waals surface area contributed by atoms with Crippen LogP contribution < -0.4 is 10.1 Å². The minimum atomic E-state index is -0.398. The van der Waals surface area contributed by atoms with Crippen LogP contribution in [-0.4, -0.2) is 12.5 Å². The Labute approximate surface area is 139 Å². The molecule has 0 saturated carbocycles. The third-order valence-electron chi connectivity index (χ3n) is 3.44. The molecule has 0 fully saturated rings. The molecule has 0 bridgehead atoms. The fourth-order valence-corrected chi connectivity index (χ4v) is 2.29. The van der Waals surface area contributed by atoms with Gasteiger partial charge in [0.2, 0.25) is 0 Å². The van der Waals surface area contributed by atoms with E-state index in [0.717, 1.165) is 11.1 Å². The fraction of sp³-hybridized carbons (Fsp3) is 0.0500. The van der Waals surface area contributed by atoms with E-state index in [4.69, 9.17) is 4.74 Å². The Morgan fingerprint density at radius 1 is 0.875 bits per heavy atom. The van der Waals surface area contributed by atoms with Crippen LogP contribution in [-0.2, 0) is 4.79 Å². The number of ether oxygens (including phenoxy) is 1. The standard InChI is InChI=1S/C20H16FNO2/c21-17-7-4-8-18(13-17)22-20(23)14-24-19-11-9-16(10-12-19)15-5-2-1-3-6-15/h1-13H,14H2,(H,22,23). The zero-order chi connectivity index (χ0) is 16.8. The number of carbonyl (C=O) groups is 1. The summed E-state index contributed by atoms with van der Waals surface area (Å²) in [6.45, 7) is -0.138. The Kier molecular flexibility index (Phi) is 4.87. The Bertz CT molecular complexity index is 817. The summed E-state index contributed by atoms with van der Waals surface area (Å²) in [6, 6.07) is 23.2. The molecule has 0 aliphatic carbocycles. The van der Waals surface area contributed by atoms with Crippen LogP contribution in [0, 0.1) is 5.82 Å². The third-order valence-corrected chi connectivity index (χ3v) is 3.44. The maximum absolute atomic E-state index is 13.1. The topological polar surface area (TPSA) is 38.3 Å². The van der Waals surface area contributed by atoms with Crippen molar-refractivity contribution in [2.45, 2.75) is 0 Å². The van der Waals surface area contributed by atoms with E-state index < -0.39 is 5.82 Å². The SMILES string of the molecule is O=C(COc1ccc(-c2ccccc2)cc1)Nc1cccc(F)c1. The van der Waals surface area contributed by atoms with Crippen LogP contribution in [0.3, 0.4) is 0 Å². The van der Waals surface area contributed by atoms with Gasteiger partial charge >= 0.3 is 0 Å². The first-order chi connectivity index (χ1) is 11.7. The highest BCUT2D eigenvalue weighted by atomic mass is 19.1. The molecule has 0 spiro atoms. The number of rotatable bonds is 5. The summed E-state index contributed by atoms with van der Waals surface area (Å²) in [5.74, 6) is -0.137. The van der Waals surface area contributed by atoms with Crippen molar-refractivity contribution in [2.75, 3.05) is 11.9 Å². The van der Waals surface area contributed by atoms with Gasteiger partial charge in [-0.1, -0.05) is 48.5 Å². The maximum atomic E-state index is 13.1. The Morgan fingerprint density at radius 2 is 1.58 bits per heavy atom. The van der Waals surface area contributed by atoms with Crippen LogP contribution in [0.2, 0.25) is 0 Å². The number of benzene rings is 3. The molecule has 1 N–H and O–H groups in total. The van der Waals surface area contributed by atoms with Gasteiger partial charge in [-0.25, -0.2) is 4.39 Å². The molecule has 0 saturated heterocycles. The van der Waals surface area contributed by atoms with Crippen LogP contribution >= 0.6 is 0 Å². The van der Waals surface area contributed by atoms with E-state index in [1.807, 2.05) is 54.6 Å². The smallest absolute Gasteiger partial charge is 0.262 e. The highest BCUT2D eigenvalue weighted by Gasteiger charge is 2.05. The molecule has 0 aliphatic heterocycles. The number of hydrogen-bond donors (Lipinski definition) is 1. The van der Waals surface area contributed by atoms with Crippen molar-refractivity contribution < 1.29 is 13.9 Å². The van der Waals surface area contributed by atoms with Crippen LogP contribution in [0.25, 0.3) is 11.1 Å². The van der Waals surface area contributed by atoms with Crippen molar-refractivity contribution in [1.29, 1.82) is 0 Å². The van der Waals surface area contributed by atoms with Gasteiger partial charge < -0.3 is 10.1 Å². The van der Waals surface area contributed by atoms with E-state index in [2.05, 4.69) is 5.32 Å². The summed E-state index contributed by atoms with van der Waals surface area (Å²) >= 11 is 0. The molecule has 24 heavy (non-hydrogen) atoms. The van der Waals surface area contributed by atoms with Gasteiger partial charge in [0.1, 0.15) is 11.6 Å². The number of hydrogen-bond acceptors (Lipinski definition) is 2. The normalized spacial score (nSPS) is 10.2. The summed E-state index contributed by atoms with van der Waals surface area (Å²) in [5.41, 5.74) is 2.60. The molecule has 0 aromatic heterocycles. The van der Waals surface area contributed by atoms with E-state index in [9.17, 15) is 9.18 Å². The summed E-state index contributed by atoms with van der Waals surface area (Å²) in [5, 5.41) is 2.59. The lowest BCUT2D eigenvalue weighted by molar-refractivity contribution is -0.118. The number of carbonyl (C=O) groups excluding carboxylic acids is 1. The van der Waals surface area contributed by atoms with Gasteiger partial charge in [-0.2, -0.15) is 0 Å². The average molecular weight is 321 g/mol. The maximum Gasteiger partial charge on any atom is 0.262 e. The summed E-state index contributed by atoms with van der Waals surface area (Å²) < 4.78 is 18.5. The molecule has 1 amide bonds. The van der Waals surface area contributed by atoms with Crippen LogP contribution in [0.5, 0.6) is 5.75 Å². The van der Waals surface area contributed by atoms with Crippen LogP contribution in [0.15, 0.2) is 78.9 Å². The first-order valence-corrected chi connectivity index (χ1v) is 7.54. The van der Waals surface area contributed by atoms with E-state index >= 15 is 0 Å². The molecular formula is C20H16FNO2. The molecule has 0 radical (unpaired) electrons. The molecule has 3 aromatic rings. The summed E-state index contributed by atoms with van der Waals surface area (Å²) in [7, 11) is 0. The van der Waals surface area contributed by atoms with Crippen LogP contribution in [0.4, 0.5) is 10.1 Å². The largest absolute Gasteiger partial charge is 0.484 e. The van der Waals surface area contributed by atoms with Gasteiger partial charge in [0, 0.05) is 5.69 Å². The predicted molar refractivity (Wildman–Crippen MR) is 92.4 cm³/mol. The number of anilines is 1. The minimum Gasteiger partial charge on any atom is -0.484 e. The highest BCUT2D eigenvalue weighted by Crippen LogP contribution is 2.22. The Balaban J connectivity index is 1.56. The van der Waals surface area contributed by atoms with Crippen molar-refractivity contribution >= 4 is 11.6 Å². The molecule has 0 heterocycles. The lowest BCUT2D eigenvalue weighted by Gasteiger charge is -2.08. The second-order valence-electron chi connectivity index (χ2n) is 5.24. The molecule has 0 atom stereocenters. The van der Waals surface area contributed by atoms with E-state index in [0.29, 0.717) is 11.4 Å². The fourth-order valence-electron chi connectivity index (χ4n) is 2.29. The van der Waals surface area contributed by atoms with E-state index in [1.165, 1.54) is 18.2 Å². The van der Waals surface area contributed by atoms with Crippen molar-refractivity contribution in [3.63, 3.8) is 0 Å². The van der Waals surface area contributed by atoms with Crippen molar-refractivity contribution in [2.24, 2.45) is 0 Å². The van der Waals surface area contributed by atoms with Gasteiger partial charge in [-0.3, -0.25) is 4.79 Å². The molecule has 0 aliphatic rings. The average Bonchev–Trinajstić information content (AvgIpc) is 2.61. The predicted octanol–water partition coefficient (Wildman–Crippen LogP) is 4.51. The molecule has 120 valence electrons. The van der Waals surface area contributed by atoms with Gasteiger partial charge in [0.05, 0.1) is 0 Å². The van der Waals surface area contributed by atoms with Gasteiger partial charge in [0.15, 0.2) is 6.61 Å². The molecule has 4 heteroatoms. The zero-order valence-corrected chi connectivity index (χ0v) is 12.9.